The molecule has 0 unspecified atom stereocenters. The van der Waals surface area contributed by atoms with Crippen molar-refractivity contribution in [2.24, 2.45) is 0 Å². The maximum atomic E-state index is 6.23. The predicted octanol–water partition coefficient (Wildman–Crippen LogP) is 5.93. The predicted molar refractivity (Wildman–Crippen MR) is 97.1 cm³/mol. The summed E-state index contributed by atoms with van der Waals surface area (Å²) in [5.74, 6) is 0. The number of aromatic nitrogens is 1. The van der Waals surface area contributed by atoms with Gasteiger partial charge in [0.1, 0.15) is 0 Å². The monoisotopic (exact) mass is 317 g/mol. The molecule has 0 aliphatic rings. The lowest BCUT2D eigenvalue weighted by Crippen LogP contribution is -2.11. The fourth-order valence-electron chi connectivity index (χ4n) is 3.13. The van der Waals surface area contributed by atoms with Gasteiger partial charge in [0, 0.05) is 11.2 Å². The molecule has 0 N–H and O–H groups in total. The maximum Gasteiger partial charge on any atom is 0.0839 e. The van der Waals surface area contributed by atoms with Crippen molar-refractivity contribution in [3.63, 3.8) is 0 Å². The molecule has 1 nitrogen and oxygen atoms in total. The third-order valence-electron chi connectivity index (χ3n) is 4.19. The van der Waals surface area contributed by atoms with Crippen molar-refractivity contribution < 1.29 is 0 Å². The van der Waals surface area contributed by atoms with Crippen LogP contribution in [0.15, 0.2) is 91.1 Å². The molecule has 3 aromatic carbocycles. The van der Waals surface area contributed by atoms with Crippen molar-refractivity contribution in [3.8, 4) is 0 Å². The van der Waals surface area contributed by atoms with Crippen LogP contribution >= 0.6 is 11.6 Å². The Balaban J connectivity index is 1.96. The van der Waals surface area contributed by atoms with Crippen LogP contribution in [0.25, 0.3) is 10.9 Å². The van der Waals surface area contributed by atoms with Gasteiger partial charge in [0.15, 0.2) is 0 Å². The van der Waals surface area contributed by atoms with Gasteiger partial charge in [-0.2, -0.15) is 0 Å². The number of fused-ring (bicyclic) bond motifs is 1. The van der Waals surface area contributed by atoms with Gasteiger partial charge in [-0.05, 0) is 34.7 Å². The zero-order valence-electron chi connectivity index (χ0n) is 12.6. The summed E-state index contributed by atoms with van der Waals surface area (Å²) in [6, 6.07) is 29.5. The molecule has 0 saturated carbocycles. The minimum absolute atomic E-state index is 0.133. The highest BCUT2D eigenvalue weighted by Gasteiger charge is 2.17. The molecule has 112 valence electrons. The van der Waals surface area contributed by atoms with Crippen LogP contribution in [0.2, 0.25) is 5.02 Å². The van der Waals surface area contributed by atoms with E-state index in [1.165, 1.54) is 16.5 Å². The molecule has 0 saturated heterocycles. The van der Waals surface area contributed by atoms with Crippen molar-refractivity contribution in [3.05, 3.63) is 107 Å². The third kappa shape index (κ3) is 2.64. The Bertz CT molecular complexity index is 886. The molecule has 0 amide bonds. The van der Waals surface area contributed by atoms with Gasteiger partial charge in [-0.1, -0.05) is 78.3 Å². The molecule has 1 heterocycles. The van der Waals surface area contributed by atoms with Gasteiger partial charge >= 0.3 is 0 Å². The van der Waals surface area contributed by atoms with E-state index in [1.807, 2.05) is 12.1 Å². The first kappa shape index (κ1) is 14.1. The summed E-state index contributed by atoms with van der Waals surface area (Å²) < 4.78 is 2.30. The molecule has 0 bridgehead atoms. The number of nitrogens with zero attached hydrogens (tertiary/aromatic N) is 1. The first-order chi connectivity index (χ1) is 11.3. The molecule has 1 aromatic heterocycles. The van der Waals surface area contributed by atoms with Crippen molar-refractivity contribution >= 4 is 22.5 Å². The standard InChI is InChI=1S/C21H16ClN/c22-19-12-11-16-13-14-23(20(16)15-19)21(17-7-3-1-4-8-17)18-9-5-2-6-10-18/h1-15,21H. The highest BCUT2D eigenvalue weighted by atomic mass is 35.5. The van der Waals surface area contributed by atoms with E-state index in [0.29, 0.717) is 0 Å². The molecule has 0 spiro atoms. The Morgan fingerprint density at radius 3 is 1.91 bits per heavy atom. The topological polar surface area (TPSA) is 4.93 Å². The fourth-order valence-corrected chi connectivity index (χ4v) is 3.30. The van der Waals surface area contributed by atoms with Crippen molar-refractivity contribution in [1.82, 2.24) is 4.57 Å². The molecule has 0 aliphatic carbocycles. The average Bonchev–Trinajstić information content (AvgIpc) is 3.00. The number of hydrogen-bond donors (Lipinski definition) is 0. The molecule has 0 radical (unpaired) electrons. The van der Waals surface area contributed by atoms with E-state index in [0.717, 1.165) is 10.5 Å². The van der Waals surface area contributed by atoms with Crippen molar-refractivity contribution in [1.29, 1.82) is 0 Å². The number of halogens is 1. The van der Waals surface area contributed by atoms with Crippen LogP contribution in [-0.4, -0.2) is 4.57 Å². The van der Waals surface area contributed by atoms with E-state index in [1.54, 1.807) is 0 Å². The molecule has 4 aromatic rings. The Hall–Kier alpha value is -2.51. The van der Waals surface area contributed by atoms with Crippen molar-refractivity contribution in [2.75, 3.05) is 0 Å². The Morgan fingerprint density at radius 2 is 1.30 bits per heavy atom. The molecule has 0 atom stereocenters. The zero-order valence-corrected chi connectivity index (χ0v) is 13.3. The van der Waals surface area contributed by atoms with Gasteiger partial charge in [-0.25, -0.2) is 0 Å². The summed E-state index contributed by atoms with van der Waals surface area (Å²) in [6.45, 7) is 0. The van der Waals surface area contributed by atoms with Crippen LogP contribution in [0.3, 0.4) is 0 Å². The van der Waals surface area contributed by atoms with E-state index in [-0.39, 0.29) is 6.04 Å². The summed E-state index contributed by atoms with van der Waals surface area (Å²) in [5.41, 5.74) is 3.67. The van der Waals surface area contributed by atoms with Gasteiger partial charge in [0.05, 0.1) is 11.6 Å². The lowest BCUT2D eigenvalue weighted by molar-refractivity contribution is 0.705. The molecular weight excluding hydrogens is 302 g/mol. The smallest absolute Gasteiger partial charge is 0.0839 e. The number of rotatable bonds is 3. The Labute approximate surface area is 140 Å². The SMILES string of the molecule is Clc1ccc2ccn(C(c3ccccc3)c3ccccc3)c2c1. The summed E-state index contributed by atoms with van der Waals surface area (Å²) >= 11 is 6.23. The van der Waals surface area contributed by atoms with E-state index in [4.69, 9.17) is 11.6 Å². The minimum Gasteiger partial charge on any atom is -0.336 e. The first-order valence-electron chi connectivity index (χ1n) is 7.69. The molecule has 0 fully saturated rings. The van der Waals surface area contributed by atoms with Crippen LogP contribution in [0.1, 0.15) is 17.2 Å². The van der Waals surface area contributed by atoms with Crippen LogP contribution in [0, 0.1) is 0 Å². The highest BCUT2D eigenvalue weighted by molar-refractivity contribution is 6.31. The van der Waals surface area contributed by atoms with E-state index < -0.39 is 0 Å². The Morgan fingerprint density at radius 1 is 0.696 bits per heavy atom. The van der Waals surface area contributed by atoms with Crippen LogP contribution in [-0.2, 0) is 0 Å². The fraction of sp³-hybridized carbons (Fsp3) is 0.0476. The Kier molecular flexibility index (Phi) is 3.64. The lowest BCUT2D eigenvalue weighted by atomic mass is 9.98. The second-order valence-corrected chi connectivity index (χ2v) is 6.09. The van der Waals surface area contributed by atoms with Gasteiger partial charge in [-0.15, -0.1) is 0 Å². The number of benzene rings is 3. The molecule has 2 heteroatoms. The summed E-state index contributed by atoms with van der Waals surface area (Å²) in [4.78, 5) is 0. The normalized spacial score (nSPS) is 11.2. The first-order valence-corrected chi connectivity index (χ1v) is 8.07. The summed E-state index contributed by atoms with van der Waals surface area (Å²) in [7, 11) is 0. The largest absolute Gasteiger partial charge is 0.336 e. The van der Waals surface area contributed by atoms with Gasteiger partial charge in [0.25, 0.3) is 0 Å². The molecular formula is C21H16ClN. The quantitative estimate of drug-likeness (QED) is 0.441. The van der Waals surface area contributed by atoms with E-state index in [9.17, 15) is 0 Å². The maximum absolute atomic E-state index is 6.23. The van der Waals surface area contributed by atoms with Crippen molar-refractivity contribution in [2.45, 2.75) is 6.04 Å². The van der Waals surface area contributed by atoms with Gasteiger partial charge in [-0.3, -0.25) is 0 Å². The summed E-state index contributed by atoms with van der Waals surface area (Å²) in [6.07, 6.45) is 2.14. The average molecular weight is 318 g/mol. The second kappa shape index (κ2) is 5.94. The van der Waals surface area contributed by atoms with Crippen LogP contribution in [0.5, 0.6) is 0 Å². The lowest BCUT2D eigenvalue weighted by Gasteiger charge is -2.21. The van der Waals surface area contributed by atoms with Gasteiger partial charge < -0.3 is 4.57 Å². The molecule has 0 aliphatic heterocycles. The third-order valence-corrected chi connectivity index (χ3v) is 4.43. The second-order valence-electron chi connectivity index (χ2n) is 5.65. The van der Waals surface area contributed by atoms with E-state index >= 15 is 0 Å². The highest BCUT2D eigenvalue weighted by Crippen LogP contribution is 2.31. The molecule has 23 heavy (non-hydrogen) atoms. The minimum atomic E-state index is 0.133. The number of hydrogen-bond acceptors (Lipinski definition) is 0. The molecule has 4 rings (SSSR count). The van der Waals surface area contributed by atoms with Crippen LogP contribution in [0.4, 0.5) is 0 Å². The zero-order chi connectivity index (χ0) is 15.6. The van der Waals surface area contributed by atoms with Gasteiger partial charge in [0.2, 0.25) is 0 Å². The summed E-state index contributed by atoms with van der Waals surface area (Å²) in [5, 5.41) is 1.96. The van der Waals surface area contributed by atoms with E-state index in [2.05, 4.69) is 83.6 Å². The van der Waals surface area contributed by atoms with Crippen LogP contribution < -0.4 is 0 Å².